The second-order valence-electron chi connectivity index (χ2n) is 6.26. The summed E-state index contributed by atoms with van der Waals surface area (Å²) in [6.07, 6.45) is 0. The van der Waals surface area contributed by atoms with E-state index in [1.807, 2.05) is 12.3 Å². The molecule has 0 aliphatic rings. The number of carbonyl (C=O) groups excluding carboxylic acids is 1. The highest BCUT2D eigenvalue weighted by Gasteiger charge is 2.22. The zero-order chi connectivity index (χ0) is 21.0. The highest BCUT2D eigenvalue weighted by atomic mass is 32.2. The Balaban J connectivity index is 1.78. The van der Waals surface area contributed by atoms with Crippen molar-refractivity contribution in [2.75, 3.05) is 18.5 Å². The minimum Gasteiger partial charge on any atom is -0.497 e. The van der Waals surface area contributed by atoms with Crippen LogP contribution in [-0.2, 0) is 16.6 Å². The van der Waals surface area contributed by atoms with Gasteiger partial charge in [-0.25, -0.2) is 13.4 Å². The molecule has 7 nitrogen and oxygen atoms in total. The molecule has 0 saturated carbocycles. The van der Waals surface area contributed by atoms with E-state index in [0.717, 1.165) is 10.7 Å². The van der Waals surface area contributed by atoms with Gasteiger partial charge >= 0.3 is 0 Å². The Morgan fingerprint density at radius 2 is 1.93 bits per heavy atom. The van der Waals surface area contributed by atoms with E-state index in [2.05, 4.69) is 10.3 Å². The molecule has 0 fully saturated rings. The van der Waals surface area contributed by atoms with E-state index in [9.17, 15) is 13.2 Å². The third-order valence-corrected chi connectivity index (χ3v) is 7.01. The number of amides is 1. The maximum absolute atomic E-state index is 13.0. The van der Waals surface area contributed by atoms with Crippen LogP contribution in [0.15, 0.2) is 58.8 Å². The molecule has 0 aliphatic carbocycles. The van der Waals surface area contributed by atoms with Crippen molar-refractivity contribution in [1.29, 1.82) is 0 Å². The summed E-state index contributed by atoms with van der Waals surface area (Å²) in [5, 5.41) is 5.46. The molecule has 29 heavy (non-hydrogen) atoms. The minimum absolute atomic E-state index is 0.0357. The third kappa shape index (κ3) is 4.75. The van der Waals surface area contributed by atoms with Gasteiger partial charge in [0.2, 0.25) is 0 Å². The number of nitrogens with zero attached hydrogens (tertiary/aromatic N) is 2. The first kappa shape index (κ1) is 20.8. The summed E-state index contributed by atoms with van der Waals surface area (Å²) in [5.74, 6) is 0.274. The van der Waals surface area contributed by atoms with Crippen molar-refractivity contribution in [2.24, 2.45) is 0 Å². The van der Waals surface area contributed by atoms with Crippen LogP contribution in [0.5, 0.6) is 5.75 Å². The SMILES string of the molecule is COc1ccc(N(C)S(=O)(=O)c2cccc(C(=O)NCc3nc(C)cs3)c2)cc1. The molecule has 3 rings (SSSR count). The van der Waals surface area contributed by atoms with Gasteiger partial charge in [0.25, 0.3) is 15.9 Å². The average molecular weight is 432 g/mol. The highest BCUT2D eigenvalue weighted by molar-refractivity contribution is 7.92. The minimum atomic E-state index is -3.83. The van der Waals surface area contributed by atoms with E-state index in [4.69, 9.17) is 4.74 Å². The molecule has 2 aromatic carbocycles. The van der Waals surface area contributed by atoms with E-state index in [0.29, 0.717) is 18.0 Å². The molecule has 0 radical (unpaired) electrons. The molecule has 152 valence electrons. The number of thiazole rings is 1. The topological polar surface area (TPSA) is 88.6 Å². The summed E-state index contributed by atoms with van der Waals surface area (Å²) in [5.41, 5.74) is 1.65. The molecule has 9 heteroatoms. The fourth-order valence-corrected chi connectivity index (χ4v) is 4.58. The zero-order valence-electron chi connectivity index (χ0n) is 16.2. The maximum atomic E-state index is 13.0. The number of aromatic nitrogens is 1. The van der Waals surface area contributed by atoms with Gasteiger partial charge in [0.05, 0.1) is 24.2 Å². The number of benzene rings is 2. The lowest BCUT2D eigenvalue weighted by atomic mass is 10.2. The van der Waals surface area contributed by atoms with Gasteiger partial charge in [-0.1, -0.05) is 6.07 Å². The molecule has 1 amide bonds. The van der Waals surface area contributed by atoms with Crippen LogP contribution in [0.25, 0.3) is 0 Å². The molecule has 0 bridgehead atoms. The van der Waals surface area contributed by atoms with Gasteiger partial charge in [-0.2, -0.15) is 0 Å². The fraction of sp³-hybridized carbons (Fsp3) is 0.200. The van der Waals surface area contributed by atoms with E-state index < -0.39 is 10.0 Å². The van der Waals surface area contributed by atoms with Crippen molar-refractivity contribution in [3.8, 4) is 5.75 Å². The smallest absolute Gasteiger partial charge is 0.264 e. The number of hydrogen-bond donors (Lipinski definition) is 1. The molecule has 0 atom stereocenters. The van der Waals surface area contributed by atoms with Crippen molar-refractivity contribution in [2.45, 2.75) is 18.4 Å². The van der Waals surface area contributed by atoms with Crippen molar-refractivity contribution in [3.05, 3.63) is 70.2 Å². The van der Waals surface area contributed by atoms with Crippen LogP contribution in [0.2, 0.25) is 0 Å². The lowest BCUT2D eigenvalue weighted by Gasteiger charge is -2.20. The van der Waals surface area contributed by atoms with Crippen molar-refractivity contribution in [1.82, 2.24) is 10.3 Å². The van der Waals surface area contributed by atoms with Gasteiger partial charge in [0.15, 0.2) is 0 Å². The van der Waals surface area contributed by atoms with E-state index >= 15 is 0 Å². The van der Waals surface area contributed by atoms with Gasteiger partial charge in [0, 0.05) is 23.7 Å². The highest BCUT2D eigenvalue weighted by Crippen LogP contribution is 2.24. The number of aryl methyl sites for hydroxylation is 1. The molecule has 3 aromatic rings. The average Bonchev–Trinajstić information content (AvgIpc) is 3.16. The van der Waals surface area contributed by atoms with Crippen LogP contribution >= 0.6 is 11.3 Å². The standard InChI is InChI=1S/C20H21N3O4S2/c1-14-13-28-19(22-14)12-21-20(24)15-5-4-6-18(11-15)29(25,26)23(2)16-7-9-17(27-3)10-8-16/h4-11,13H,12H2,1-3H3,(H,21,24). The monoisotopic (exact) mass is 431 g/mol. The molecular weight excluding hydrogens is 410 g/mol. The molecule has 1 heterocycles. The number of hydrogen-bond acceptors (Lipinski definition) is 6. The predicted molar refractivity (Wildman–Crippen MR) is 113 cm³/mol. The molecule has 1 N–H and O–H groups in total. The molecular formula is C20H21N3O4S2. The number of rotatable bonds is 7. The van der Waals surface area contributed by atoms with E-state index in [-0.39, 0.29) is 16.4 Å². The summed E-state index contributed by atoms with van der Waals surface area (Å²) in [7, 11) is -0.819. The van der Waals surface area contributed by atoms with Crippen LogP contribution in [0.4, 0.5) is 5.69 Å². The Bertz CT molecular complexity index is 1110. The Morgan fingerprint density at radius 3 is 2.55 bits per heavy atom. The van der Waals surface area contributed by atoms with Gasteiger partial charge < -0.3 is 10.1 Å². The summed E-state index contributed by atoms with van der Waals surface area (Å²) in [6, 6.07) is 12.7. The van der Waals surface area contributed by atoms with Crippen LogP contribution in [-0.4, -0.2) is 33.5 Å². The first-order chi connectivity index (χ1) is 13.8. The largest absolute Gasteiger partial charge is 0.497 e. The lowest BCUT2D eigenvalue weighted by molar-refractivity contribution is 0.0950. The van der Waals surface area contributed by atoms with E-state index in [1.54, 1.807) is 43.5 Å². The van der Waals surface area contributed by atoms with Crippen LogP contribution in [0.3, 0.4) is 0 Å². The summed E-state index contributed by atoms with van der Waals surface area (Å²) in [4.78, 5) is 16.8. The Hall–Kier alpha value is -2.91. The lowest BCUT2D eigenvalue weighted by Crippen LogP contribution is -2.27. The van der Waals surface area contributed by atoms with Gasteiger partial charge in [0.1, 0.15) is 10.8 Å². The van der Waals surface area contributed by atoms with Crippen molar-refractivity contribution >= 4 is 33.0 Å². The molecule has 0 unspecified atom stereocenters. The second-order valence-corrected chi connectivity index (χ2v) is 9.18. The molecule has 0 aliphatic heterocycles. The predicted octanol–water partition coefficient (Wildman–Crippen LogP) is 3.22. The number of sulfonamides is 1. The number of anilines is 1. The molecule has 1 aromatic heterocycles. The first-order valence-electron chi connectivity index (χ1n) is 8.73. The number of ether oxygens (including phenoxy) is 1. The summed E-state index contributed by atoms with van der Waals surface area (Å²) in [6.45, 7) is 2.18. The van der Waals surface area contributed by atoms with Crippen LogP contribution in [0.1, 0.15) is 21.1 Å². The number of methoxy groups -OCH3 is 1. The van der Waals surface area contributed by atoms with Crippen LogP contribution < -0.4 is 14.4 Å². The fourth-order valence-electron chi connectivity index (χ4n) is 2.63. The summed E-state index contributed by atoms with van der Waals surface area (Å²) < 4.78 is 32.3. The third-order valence-electron chi connectivity index (χ3n) is 4.26. The van der Waals surface area contributed by atoms with Gasteiger partial charge in [-0.3, -0.25) is 9.10 Å². The number of nitrogens with one attached hydrogen (secondary N) is 1. The normalized spacial score (nSPS) is 11.1. The Kier molecular flexibility index (Phi) is 6.19. The quantitative estimate of drug-likeness (QED) is 0.621. The molecule has 0 spiro atoms. The van der Waals surface area contributed by atoms with Crippen molar-refractivity contribution < 1.29 is 17.9 Å². The van der Waals surface area contributed by atoms with Crippen molar-refractivity contribution in [3.63, 3.8) is 0 Å². The van der Waals surface area contributed by atoms with E-state index in [1.165, 1.54) is 34.8 Å². The van der Waals surface area contributed by atoms with Crippen LogP contribution in [0, 0.1) is 6.92 Å². The van der Waals surface area contributed by atoms with Gasteiger partial charge in [-0.15, -0.1) is 11.3 Å². The maximum Gasteiger partial charge on any atom is 0.264 e. The Morgan fingerprint density at radius 1 is 1.21 bits per heavy atom. The number of carbonyl (C=O) groups is 1. The summed E-state index contributed by atoms with van der Waals surface area (Å²) >= 11 is 1.46. The second kappa shape index (κ2) is 8.62. The van der Waals surface area contributed by atoms with Gasteiger partial charge in [-0.05, 0) is 49.4 Å². The Labute approximate surface area is 174 Å². The first-order valence-corrected chi connectivity index (χ1v) is 11.1. The zero-order valence-corrected chi connectivity index (χ0v) is 17.9. The molecule has 0 saturated heterocycles.